The lowest BCUT2D eigenvalue weighted by atomic mass is 10.1. The molecule has 2 aromatic carbocycles. The van der Waals surface area contributed by atoms with Crippen molar-refractivity contribution in [1.82, 2.24) is 9.88 Å². The number of rotatable bonds is 6. The van der Waals surface area contributed by atoms with Gasteiger partial charge in [-0.3, -0.25) is 14.3 Å². The molecule has 1 aromatic heterocycles. The van der Waals surface area contributed by atoms with Gasteiger partial charge >= 0.3 is 0 Å². The third kappa shape index (κ3) is 4.26. The molecule has 11 heteroatoms. The van der Waals surface area contributed by atoms with Gasteiger partial charge in [0.15, 0.2) is 5.13 Å². The molecule has 3 N–H and O–H groups in total. The fraction of sp³-hybridized carbons (Fsp3) is 0.105. The number of fused-ring (bicyclic) bond motifs is 1. The van der Waals surface area contributed by atoms with E-state index in [0.29, 0.717) is 11.3 Å². The third-order valence-electron chi connectivity index (χ3n) is 4.34. The van der Waals surface area contributed by atoms with Gasteiger partial charge in [-0.15, -0.1) is 11.3 Å². The Labute approximate surface area is 176 Å². The number of sulfonamides is 1. The third-order valence-corrected chi connectivity index (χ3v) is 6.51. The first-order valence-corrected chi connectivity index (χ1v) is 11.2. The van der Waals surface area contributed by atoms with E-state index in [1.807, 2.05) is 12.1 Å². The van der Waals surface area contributed by atoms with Crippen LogP contribution >= 0.6 is 11.3 Å². The van der Waals surface area contributed by atoms with Gasteiger partial charge in [-0.2, -0.15) is 0 Å². The molecule has 0 bridgehead atoms. The summed E-state index contributed by atoms with van der Waals surface area (Å²) in [6.45, 7) is 0.0920. The lowest BCUT2D eigenvalue weighted by molar-refractivity contribution is -0.116. The molecule has 30 heavy (non-hydrogen) atoms. The van der Waals surface area contributed by atoms with Gasteiger partial charge < -0.3 is 15.5 Å². The Balaban J connectivity index is 1.38. The van der Waals surface area contributed by atoms with Crippen molar-refractivity contribution < 1.29 is 18.0 Å². The summed E-state index contributed by atoms with van der Waals surface area (Å²) in [6.07, 6.45) is 1.50. The number of para-hydroxylation sites is 1. The molecule has 154 valence electrons. The molecule has 2 amide bonds. The second-order valence-electron chi connectivity index (χ2n) is 6.40. The molecule has 0 unspecified atom stereocenters. The van der Waals surface area contributed by atoms with Crippen LogP contribution in [0.5, 0.6) is 0 Å². The van der Waals surface area contributed by atoms with Crippen molar-refractivity contribution in [1.29, 1.82) is 0 Å². The summed E-state index contributed by atoms with van der Waals surface area (Å²) in [7, 11) is -3.76. The van der Waals surface area contributed by atoms with Gasteiger partial charge in [0.2, 0.25) is 5.91 Å². The topological polar surface area (TPSA) is 121 Å². The zero-order valence-corrected chi connectivity index (χ0v) is 17.2. The number of hydrogen-bond acceptors (Lipinski definition) is 7. The fourth-order valence-corrected chi connectivity index (χ4v) is 4.70. The highest BCUT2D eigenvalue weighted by molar-refractivity contribution is 7.93. The van der Waals surface area contributed by atoms with Crippen molar-refractivity contribution in [3.8, 4) is 0 Å². The predicted molar refractivity (Wildman–Crippen MR) is 114 cm³/mol. The van der Waals surface area contributed by atoms with Gasteiger partial charge in [0.25, 0.3) is 15.9 Å². The van der Waals surface area contributed by atoms with E-state index in [2.05, 4.69) is 20.3 Å². The molecule has 0 saturated carbocycles. The lowest BCUT2D eigenvalue weighted by Gasteiger charge is -2.29. The van der Waals surface area contributed by atoms with Crippen molar-refractivity contribution in [2.45, 2.75) is 4.90 Å². The van der Waals surface area contributed by atoms with E-state index in [-0.39, 0.29) is 35.1 Å². The van der Waals surface area contributed by atoms with Crippen LogP contribution < -0.4 is 15.4 Å². The summed E-state index contributed by atoms with van der Waals surface area (Å²) < 4.78 is 27.1. The number of nitrogens with zero attached hydrogens (tertiary/aromatic N) is 2. The van der Waals surface area contributed by atoms with Crippen LogP contribution in [0.1, 0.15) is 10.4 Å². The number of aromatic nitrogens is 1. The Kier molecular flexibility index (Phi) is 5.38. The largest absolute Gasteiger partial charge is 0.367 e. The molecule has 4 rings (SSSR count). The van der Waals surface area contributed by atoms with Crippen molar-refractivity contribution in [2.75, 3.05) is 28.6 Å². The smallest absolute Gasteiger partial charge is 0.263 e. The minimum absolute atomic E-state index is 0.0442. The molecule has 0 saturated heterocycles. The Morgan fingerprint density at radius 2 is 1.93 bits per heavy atom. The van der Waals surface area contributed by atoms with E-state index in [1.165, 1.54) is 46.7 Å². The monoisotopic (exact) mass is 443 g/mol. The molecule has 9 nitrogen and oxygen atoms in total. The molecule has 0 aliphatic carbocycles. The van der Waals surface area contributed by atoms with E-state index < -0.39 is 10.0 Å². The van der Waals surface area contributed by atoms with Crippen molar-refractivity contribution >= 4 is 49.7 Å². The summed E-state index contributed by atoms with van der Waals surface area (Å²) in [5.41, 5.74) is 1.67. The molecule has 0 atom stereocenters. The van der Waals surface area contributed by atoms with Crippen LogP contribution in [0.4, 0.5) is 16.5 Å². The van der Waals surface area contributed by atoms with Gasteiger partial charge in [-0.25, -0.2) is 13.4 Å². The molecule has 2 heterocycles. The quantitative estimate of drug-likeness (QED) is 0.538. The number of anilines is 3. The first kappa shape index (κ1) is 19.9. The normalized spacial score (nSPS) is 13.3. The maximum Gasteiger partial charge on any atom is 0.263 e. The summed E-state index contributed by atoms with van der Waals surface area (Å²) >= 11 is 1.17. The van der Waals surface area contributed by atoms with E-state index in [0.717, 1.165) is 5.69 Å². The second-order valence-corrected chi connectivity index (χ2v) is 8.98. The number of nitrogens with one attached hydrogen (secondary N) is 3. The van der Waals surface area contributed by atoms with Crippen LogP contribution in [0.15, 0.2) is 65.0 Å². The second kappa shape index (κ2) is 8.13. The SMILES string of the molecule is O=C(CN1CNc2ccccc2C1=O)Nc1ccc(S(=O)(=O)Nc2nccs2)cc1. The molecule has 0 spiro atoms. The highest BCUT2D eigenvalue weighted by atomic mass is 32.2. The summed E-state index contributed by atoms with van der Waals surface area (Å²) in [5, 5.41) is 7.71. The van der Waals surface area contributed by atoms with Crippen LogP contribution in [0.2, 0.25) is 0 Å². The molecule has 3 aromatic rings. The Morgan fingerprint density at radius 3 is 2.67 bits per heavy atom. The highest BCUT2D eigenvalue weighted by Gasteiger charge is 2.25. The first-order chi connectivity index (χ1) is 14.4. The molecular weight excluding hydrogens is 426 g/mol. The molecule has 0 fully saturated rings. The lowest BCUT2D eigenvalue weighted by Crippen LogP contribution is -2.44. The van der Waals surface area contributed by atoms with Gasteiger partial charge in [0, 0.05) is 23.0 Å². The zero-order valence-electron chi connectivity index (χ0n) is 15.5. The van der Waals surface area contributed by atoms with Crippen molar-refractivity contribution in [2.24, 2.45) is 0 Å². The van der Waals surface area contributed by atoms with Gasteiger partial charge in [0.05, 0.1) is 17.1 Å². The number of hydrogen-bond donors (Lipinski definition) is 3. The summed E-state index contributed by atoms with van der Waals surface area (Å²) in [6, 6.07) is 12.8. The van der Waals surface area contributed by atoms with Gasteiger partial charge in [-0.1, -0.05) is 12.1 Å². The van der Waals surface area contributed by atoms with Crippen molar-refractivity contribution in [3.63, 3.8) is 0 Å². The van der Waals surface area contributed by atoms with Crippen LogP contribution in [0.25, 0.3) is 0 Å². The maximum atomic E-state index is 12.5. The number of benzene rings is 2. The maximum absolute atomic E-state index is 12.5. The average Bonchev–Trinajstić information content (AvgIpc) is 3.23. The molecule has 0 radical (unpaired) electrons. The standard InChI is InChI=1S/C19H17N5O4S2/c25-17(11-24-12-21-16-4-2-1-3-15(16)18(24)26)22-13-5-7-14(8-6-13)30(27,28)23-19-20-9-10-29-19/h1-10,21H,11-12H2,(H,20,23)(H,22,25). The Bertz CT molecular complexity index is 1180. The van der Waals surface area contributed by atoms with E-state index >= 15 is 0 Å². The number of carbonyl (C=O) groups excluding carboxylic acids is 2. The van der Waals surface area contributed by atoms with Crippen molar-refractivity contribution in [3.05, 3.63) is 65.7 Å². The number of amides is 2. The van der Waals surface area contributed by atoms with Crippen LogP contribution in [-0.2, 0) is 14.8 Å². The first-order valence-electron chi connectivity index (χ1n) is 8.87. The molecule has 1 aliphatic heterocycles. The van der Waals surface area contributed by atoms with E-state index in [9.17, 15) is 18.0 Å². The van der Waals surface area contributed by atoms with Gasteiger partial charge in [-0.05, 0) is 36.4 Å². The van der Waals surface area contributed by atoms with Crippen LogP contribution in [0, 0.1) is 0 Å². The minimum Gasteiger partial charge on any atom is -0.367 e. The highest BCUT2D eigenvalue weighted by Crippen LogP contribution is 2.22. The van der Waals surface area contributed by atoms with E-state index in [1.54, 1.807) is 17.5 Å². The van der Waals surface area contributed by atoms with Crippen LogP contribution in [-0.4, -0.2) is 43.3 Å². The minimum atomic E-state index is -3.76. The molecular formula is C19H17N5O4S2. The summed E-state index contributed by atoms with van der Waals surface area (Å²) in [5.74, 6) is -0.616. The number of carbonyl (C=O) groups is 2. The average molecular weight is 444 g/mol. The Hall–Kier alpha value is -3.44. The fourth-order valence-electron chi connectivity index (χ4n) is 2.91. The summed E-state index contributed by atoms with van der Waals surface area (Å²) in [4.78, 5) is 30.2. The molecule has 1 aliphatic rings. The Morgan fingerprint density at radius 1 is 1.17 bits per heavy atom. The predicted octanol–water partition coefficient (Wildman–Crippen LogP) is 2.41. The van der Waals surface area contributed by atoms with Crippen LogP contribution in [0.3, 0.4) is 0 Å². The number of thiazole rings is 1. The van der Waals surface area contributed by atoms with Gasteiger partial charge in [0.1, 0.15) is 6.54 Å². The van der Waals surface area contributed by atoms with E-state index in [4.69, 9.17) is 0 Å². The zero-order chi connectivity index (χ0) is 21.1.